The van der Waals surface area contributed by atoms with Crippen molar-refractivity contribution < 1.29 is 14.3 Å². The summed E-state index contributed by atoms with van der Waals surface area (Å²) in [6, 6.07) is 17.2. The van der Waals surface area contributed by atoms with Gasteiger partial charge in [0.1, 0.15) is 5.60 Å². The molecule has 1 saturated heterocycles. The molecule has 1 heterocycles. The van der Waals surface area contributed by atoms with E-state index in [1.165, 1.54) is 0 Å². The highest BCUT2D eigenvalue weighted by Crippen LogP contribution is 2.36. The summed E-state index contributed by atoms with van der Waals surface area (Å²) in [6.45, 7) is 10.1. The molecule has 186 valence electrons. The van der Waals surface area contributed by atoms with Gasteiger partial charge in [-0.1, -0.05) is 42.8 Å². The van der Waals surface area contributed by atoms with Gasteiger partial charge < -0.3 is 15.0 Å². The molecule has 3 rings (SSSR count). The SMILES string of the molecule is CCC1(C(=O)NC(C)[C@@H](Cc2ccc(Cl)cc2)c2cccc(C#N)c2)CN(C(=O)OC(C)(C)C)C1. The van der Waals surface area contributed by atoms with E-state index in [0.29, 0.717) is 36.5 Å². The molecule has 6 nitrogen and oxygen atoms in total. The first kappa shape index (κ1) is 26.6. The molecule has 0 aromatic heterocycles. The van der Waals surface area contributed by atoms with Gasteiger partial charge in [0, 0.05) is 30.1 Å². The lowest BCUT2D eigenvalue weighted by Gasteiger charge is -2.48. The predicted octanol–water partition coefficient (Wildman–Crippen LogP) is 5.69. The Morgan fingerprint density at radius 2 is 1.86 bits per heavy atom. The standard InChI is InChI=1S/C28H34ClN3O3/c1-6-28(17-32(18-28)26(34)35-27(3,4)5)25(33)31-19(2)24(15-20-10-12-23(29)13-11-20)22-9-7-8-21(14-22)16-30/h7-14,19,24H,6,15,17-18H2,1-5H3,(H,31,33)/t19?,24-/m1/s1. The molecule has 1 unspecified atom stereocenters. The van der Waals surface area contributed by atoms with Gasteiger partial charge in [-0.3, -0.25) is 4.79 Å². The summed E-state index contributed by atoms with van der Waals surface area (Å²) in [4.78, 5) is 27.4. The van der Waals surface area contributed by atoms with Gasteiger partial charge in [0.25, 0.3) is 0 Å². The zero-order chi connectivity index (χ0) is 25.8. The highest BCUT2D eigenvalue weighted by Gasteiger charge is 2.51. The smallest absolute Gasteiger partial charge is 0.410 e. The summed E-state index contributed by atoms with van der Waals surface area (Å²) in [5.74, 6) is -0.116. The van der Waals surface area contributed by atoms with Crippen molar-refractivity contribution in [2.24, 2.45) is 5.41 Å². The normalized spacial score (nSPS) is 16.4. The van der Waals surface area contributed by atoms with E-state index in [1.54, 1.807) is 11.0 Å². The molecule has 0 bridgehead atoms. The number of nitrogens with one attached hydrogen (secondary N) is 1. The number of benzene rings is 2. The Hall–Kier alpha value is -3.04. The number of ether oxygens (including phenoxy) is 1. The lowest BCUT2D eigenvalue weighted by atomic mass is 9.76. The number of nitrogens with zero attached hydrogens (tertiary/aromatic N) is 2. The highest BCUT2D eigenvalue weighted by atomic mass is 35.5. The molecule has 1 aliphatic heterocycles. The molecular formula is C28H34ClN3O3. The van der Waals surface area contributed by atoms with Crippen LogP contribution in [0.25, 0.3) is 0 Å². The minimum absolute atomic E-state index is 0.0515. The molecule has 2 aromatic rings. The van der Waals surface area contributed by atoms with Crippen LogP contribution in [0.2, 0.25) is 5.02 Å². The topological polar surface area (TPSA) is 82.4 Å². The molecule has 2 atom stereocenters. The lowest BCUT2D eigenvalue weighted by molar-refractivity contribution is -0.142. The van der Waals surface area contributed by atoms with E-state index in [0.717, 1.165) is 11.1 Å². The van der Waals surface area contributed by atoms with E-state index in [1.807, 2.05) is 77.1 Å². The van der Waals surface area contributed by atoms with E-state index in [9.17, 15) is 14.9 Å². The van der Waals surface area contributed by atoms with Crippen LogP contribution in [0.5, 0.6) is 0 Å². The first-order chi connectivity index (χ1) is 16.5. The quantitative estimate of drug-likeness (QED) is 0.535. The number of rotatable bonds is 7. The summed E-state index contributed by atoms with van der Waals surface area (Å²) in [7, 11) is 0. The van der Waals surface area contributed by atoms with Crippen molar-refractivity contribution in [1.82, 2.24) is 10.2 Å². The van der Waals surface area contributed by atoms with Crippen molar-refractivity contribution in [2.45, 2.75) is 65.0 Å². The van der Waals surface area contributed by atoms with Gasteiger partial charge in [0.05, 0.1) is 17.0 Å². The third kappa shape index (κ3) is 6.55. The summed E-state index contributed by atoms with van der Waals surface area (Å²) in [6.07, 6.45) is 0.907. The molecule has 0 spiro atoms. The number of carbonyl (C=O) groups is 2. The second-order valence-corrected chi connectivity index (χ2v) is 10.8. The molecule has 1 N–H and O–H groups in total. The fraction of sp³-hybridized carbons (Fsp3) is 0.464. The summed E-state index contributed by atoms with van der Waals surface area (Å²) in [5.41, 5.74) is 1.45. The molecule has 35 heavy (non-hydrogen) atoms. The maximum absolute atomic E-state index is 13.4. The Kier molecular flexibility index (Phi) is 8.12. The number of carbonyl (C=O) groups excluding carboxylic acids is 2. The van der Waals surface area contributed by atoms with Crippen LogP contribution >= 0.6 is 11.6 Å². The van der Waals surface area contributed by atoms with Crippen molar-refractivity contribution in [1.29, 1.82) is 5.26 Å². The molecule has 1 aliphatic rings. The van der Waals surface area contributed by atoms with Gasteiger partial charge in [-0.15, -0.1) is 0 Å². The van der Waals surface area contributed by atoms with Crippen molar-refractivity contribution in [3.63, 3.8) is 0 Å². The van der Waals surface area contributed by atoms with Crippen molar-refractivity contribution in [2.75, 3.05) is 13.1 Å². The van der Waals surface area contributed by atoms with Crippen molar-refractivity contribution in [3.05, 3.63) is 70.2 Å². The van der Waals surface area contributed by atoms with Crippen LogP contribution in [0.3, 0.4) is 0 Å². The number of hydrogen-bond donors (Lipinski definition) is 1. The van der Waals surface area contributed by atoms with Crippen LogP contribution in [0.4, 0.5) is 4.79 Å². The van der Waals surface area contributed by atoms with Gasteiger partial charge in [-0.25, -0.2) is 4.79 Å². The first-order valence-electron chi connectivity index (χ1n) is 12.0. The minimum Gasteiger partial charge on any atom is -0.444 e. The number of nitriles is 1. The Morgan fingerprint density at radius 1 is 1.20 bits per heavy atom. The van der Waals surface area contributed by atoms with Crippen LogP contribution in [0.1, 0.15) is 63.6 Å². The highest BCUT2D eigenvalue weighted by molar-refractivity contribution is 6.30. The molecule has 0 radical (unpaired) electrons. The van der Waals surface area contributed by atoms with E-state index < -0.39 is 17.1 Å². The minimum atomic E-state index is -0.634. The van der Waals surface area contributed by atoms with Gasteiger partial charge in [0.15, 0.2) is 0 Å². The number of likely N-dealkylation sites (tertiary alicyclic amines) is 1. The van der Waals surface area contributed by atoms with Gasteiger partial charge in [-0.05, 0) is 75.9 Å². The Morgan fingerprint density at radius 3 is 2.43 bits per heavy atom. The largest absolute Gasteiger partial charge is 0.444 e. The molecule has 0 saturated carbocycles. The summed E-state index contributed by atoms with van der Waals surface area (Å²) >= 11 is 6.06. The zero-order valence-electron chi connectivity index (χ0n) is 21.1. The van der Waals surface area contributed by atoms with E-state index in [-0.39, 0.29) is 17.9 Å². The third-order valence-corrected chi connectivity index (χ3v) is 6.82. The second kappa shape index (κ2) is 10.7. The maximum atomic E-state index is 13.4. The van der Waals surface area contributed by atoms with Crippen LogP contribution in [0, 0.1) is 16.7 Å². The Labute approximate surface area is 213 Å². The Bertz CT molecular complexity index is 1100. The number of amides is 2. The van der Waals surface area contributed by atoms with Crippen LogP contribution in [-0.4, -0.2) is 41.6 Å². The van der Waals surface area contributed by atoms with E-state index in [4.69, 9.17) is 16.3 Å². The number of halogens is 1. The second-order valence-electron chi connectivity index (χ2n) is 10.4. The van der Waals surface area contributed by atoms with Gasteiger partial charge >= 0.3 is 6.09 Å². The van der Waals surface area contributed by atoms with Crippen molar-refractivity contribution >= 4 is 23.6 Å². The summed E-state index contributed by atoms with van der Waals surface area (Å²) < 4.78 is 5.45. The van der Waals surface area contributed by atoms with Crippen LogP contribution < -0.4 is 5.32 Å². The fourth-order valence-electron chi connectivity index (χ4n) is 4.42. The zero-order valence-corrected chi connectivity index (χ0v) is 21.9. The fourth-order valence-corrected chi connectivity index (χ4v) is 4.55. The van der Waals surface area contributed by atoms with E-state index in [2.05, 4.69) is 11.4 Å². The average molecular weight is 496 g/mol. The molecule has 2 amide bonds. The average Bonchev–Trinajstić information content (AvgIpc) is 2.77. The third-order valence-electron chi connectivity index (χ3n) is 6.57. The molecule has 0 aliphatic carbocycles. The van der Waals surface area contributed by atoms with Crippen LogP contribution in [0.15, 0.2) is 48.5 Å². The summed E-state index contributed by atoms with van der Waals surface area (Å²) in [5, 5.41) is 13.3. The van der Waals surface area contributed by atoms with Gasteiger partial charge in [0.2, 0.25) is 5.91 Å². The van der Waals surface area contributed by atoms with Crippen molar-refractivity contribution in [3.8, 4) is 6.07 Å². The van der Waals surface area contributed by atoms with Crippen LogP contribution in [-0.2, 0) is 16.0 Å². The molecule has 7 heteroatoms. The Balaban J connectivity index is 1.76. The van der Waals surface area contributed by atoms with E-state index >= 15 is 0 Å². The maximum Gasteiger partial charge on any atom is 0.410 e. The molecular weight excluding hydrogens is 462 g/mol. The lowest BCUT2D eigenvalue weighted by Crippen LogP contribution is -2.65. The van der Waals surface area contributed by atoms with Gasteiger partial charge in [-0.2, -0.15) is 5.26 Å². The first-order valence-corrected chi connectivity index (χ1v) is 12.4. The predicted molar refractivity (Wildman–Crippen MR) is 137 cm³/mol. The monoisotopic (exact) mass is 495 g/mol. The molecule has 1 fully saturated rings. The molecule has 2 aromatic carbocycles. The number of hydrogen-bond acceptors (Lipinski definition) is 4.